The molecule has 0 radical (unpaired) electrons. The molecule has 2 rings (SSSR count). The van der Waals surface area contributed by atoms with Gasteiger partial charge in [0.15, 0.2) is 0 Å². The zero-order valence-electron chi connectivity index (χ0n) is 22.1. The molecule has 0 aliphatic heterocycles. The van der Waals surface area contributed by atoms with Gasteiger partial charge in [0.1, 0.15) is 5.75 Å². The molecule has 0 heterocycles. The Morgan fingerprint density at radius 1 is 0.816 bits per heavy atom. The van der Waals surface area contributed by atoms with Crippen LogP contribution in [0.3, 0.4) is 0 Å². The van der Waals surface area contributed by atoms with Gasteiger partial charge in [0.05, 0.1) is 6.61 Å². The second kappa shape index (κ2) is 12.4. The molecule has 0 bridgehead atoms. The molecule has 0 amide bonds. The Bertz CT molecular complexity index is 1130. The smallest absolute Gasteiger partial charge is 0.438 e. The third-order valence-electron chi connectivity index (χ3n) is 7.02. The molecule has 0 fully saturated rings. The summed E-state index contributed by atoms with van der Waals surface area (Å²) in [5.41, 5.74) is 3.18. The predicted molar refractivity (Wildman–Crippen MR) is 136 cm³/mol. The number of aliphatic hydroxyl groups is 1. The largest absolute Gasteiger partial charge is 0.493 e. The van der Waals surface area contributed by atoms with Crippen LogP contribution in [0.15, 0.2) is 36.4 Å². The zero-order valence-corrected chi connectivity index (χ0v) is 22.1. The summed E-state index contributed by atoms with van der Waals surface area (Å²) in [6, 6.07) is 10.8. The maximum Gasteiger partial charge on any atom is 0.438 e. The molecule has 0 saturated heterocycles. The van der Waals surface area contributed by atoms with E-state index in [-0.39, 0.29) is 5.56 Å². The van der Waals surface area contributed by atoms with Crippen molar-refractivity contribution in [2.24, 2.45) is 5.73 Å². The first-order valence-corrected chi connectivity index (χ1v) is 12.6. The number of alkyl halides is 6. The normalized spacial score (nSPS) is 12.7. The topological polar surface area (TPSA) is 55.5 Å². The van der Waals surface area contributed by atoms with Crippen molar-refractivity contribution in [1.82, 2.24) is 0 Å². The van der Waals surface area contributed by atoms with Crippen LogP contribution < -0.4 is 10.5 Å². The van der Waals surface area contributed by atoms with E-state index in [1.54, 1.807) is 19.1 Å². The molecular formula is C29H35F6NO2. The molecule has 0 aromatic heterocycles. The van der Waals surface area contributed by atoms with Gasteiger partial charge < -0.3 is 15.6 Å². The summed E-state index contributed by atoms with van der Waals surface area (Å²) in [4.78, 5) is 0. The van der Waals surface area contributed by atoms with E-state index in [4.69, 9.17) is 10.5 Å². The Balaban J connectivity index is 2.42. The molecule has 0 aliphatic rings. The lowest BCUT2D eigenvalue weighted by Gasteiger charge is -2.34. The van der Waals surface area contributed by atoms with Crippen LogP contribution in [0.5, 0.6) is 5.75 Å². The van der Waals surface area contributed by atoms with Gasteiger partial charge in [-0.3, -0.25) is 0 Å². The highest BCUT2D eigenvalue weighted by atomic mass is 19.4. The van der Waals surface area contributed by atoms with E-state index < -0.39 is 23.4 Å². The lowest BCUT2D eigenvalue weighted by Crippen LogP contribution is -2.55. The lowest BCUT2D eigenvalue weighted by molar-refractivity contribution is -0.343. The van der Waals surface area contributed by atoms with E-state index in [2.05, 4.69) is 6.07 Å². The Hall–Kier alpha value is -2.70. The van der Waals surface area contributed by atoms with E-state index >= 15 is 0 Å². The van der Waals surface area contributed by atoms with Crippen molar-refractivity contribution < 1.29 is 36.2 Å². The molecular weight excluding hydrogens is 508 g/mol. The minimum Gasteiger partial charge on any atom is -0.493 e. The van der Waals surface area contributed by atoms with Gasteiger partial charge in [0.2, 0.25) is 0 Å². The van der Waals surface area contributed by atoms with Gasteiger partial charge in [-0.2, -0.15) is 26.3 Å². The van der Waals surface area contributed by atoms with E-state index in [1.165, 1.54) is 6.07 Å². The third-order valence-corrected chi connectivity index (χ3v) is 7.02. The van der Waals surface area contributed by atoms with Gasteiger partial charge in [-0.25, -0.2) is 0 Å². The highest BCUT2D eigenvalue weighted by Gasteiger charge is 2.70. The van der Waals surface area contributed by atoms with Crippen LogP contribution in [0.2, 0.25) is 0 Å². The standard InChI is InChI=1S/C29H35F6NO2/c1-5-26(6-2,24-12-13-25(21(4)19-24)38-17-9-7-8-16-36)23-11-10-22(20(3)18-23)14-15-27(37,28(30,31)32)29(33,34)35/h10-13,18-19,37H,5-9,16-17,36H2,1-4H3. The summed E-state index contributed by atoms with van der Waals surface area (Å²) >= 11 is 0. The maximum absolute atomic E-state index is 13.0. The van der Waals surface area contributed by atoms with Crippen LogP contribution in [-0.4, -0.2) is 36.2 Å². The highest BCUT2D eigenvalue weighted by molar-refractivity contribution is 5.50. The second-order valence-electron chi connectivity index (χ2n) is 9.45. The number of hydrogen-bond acceptors (Lipinski definition) is 3. The molecule has 9 heteroatoms. The van der Waals surface area contributed by atoms with Crippen LogP contribution >= 0.6 is 0 Å². The molecule has 0 aliphatic carbocycles. The van der Waals surface area contributed by atoms with E-state index in [9.17, 15) is 31.4 Å². The Morgan fingerprint density at radius 3 is 1.84 bits per heavy atom. The molecule has 3 nitrogen and oxygen atoms in total. The van der Waals surface area contributed by atoms with Crippen LogP contribution in [-0.2, 0) is 5.41 Å². The van der Waals surface area contributed by atoms with Crippen molar-refractivity contribution in [2.45, 2.75) is 83.2 Å². The summed E-state index contributed by atoms with van der Waals surface area (Å²) in [7, 11) is 0. The molecule has 0 spiro atoms. The minimum absolute atomic E-state index is 0.0312. The number of halogens is 6. The molecule has 38 heavy (non-hydrogen) atoms. The summed E-state index contributed by atoms with van der Waals surface area (Å²) in [5, 5.41) is 9.35. The van der Waals surface area contributed by atoms with Crippen LogP contribution in [0.1, 0.15) is 73.8 Å². The molecule has 3 N–H and O–H groups in total. The average Bonchev–Trinajstić information content (AvgIpc) is 2.84. The first-order chi connectivity index (χ1) is 17.7. The quantitative estimate of drug-likeness (QED) is 0.191. The number of nitrogens with two attached hydrogens (primary N) is 1. The predicted octanol–water partition coefficient (Wildman–Crippen LogP) is 7.12. The number of rotatable bonds is 10. The first kappa shape index (κ1) is 31.5. The molecule has 0 atom stereocenters. The fourth-order valence-corrected chi connectivity index (χ4v) is 4.51. The van der Waals surface area contributed by atoms with E-state index in [0.29, 0.717) is 31.6 Å². The van der Waals surface area contributed by atoms with Crippen molar-refractivity contribution in [3.05, 3.63) is 64.2 Å². The molecule has 0 saturated carbocycles. The highest BCUT2D eigenvalue weighted by Crippen LogP contribution is 2.43. The average molecular weight is 544 g/mol. The van der Waals surface area contributed by atoms with E-state index in [1.807, 2.05) is 38.8 Å². The minimum atomic E-state index is -6.00. The monoisotopic (exact) mass is 543 g/mol. The van der Waals surface area contributed by atoms with Gasteiger partial charge in [0.25, 0.3) is 0 Å². The Labute approximate surface area is 220 Å². The number of benzene rings is 2. The number of aryl methyl sites for hydroxylation is 2. The van der Waals surface area contributed by atoms with E-state index in [0.717, 1.165) is 47.6 Å². The Morgan fingerprint density at radius 2 is 1.37 bits per heavy atom. The van der Waals surface area contributed by atoms with Gasteiger partial charge in [-0.1, -0.05) is 44.0 Å². The van der Waals surface area contributed by atoms with Gasteiger partial charge in [-0.05, 0) is 92.8 Å². The SMILES string of the molecule is CCC(CC)(c1ccc(C#CC(O)(C(F)(F)F)C(F)(F)F)c(C)c1)c1ccc(OCCCCCN)c(C)c1. The number of hydrogen-bond donors (Lipinski definition) is 2. The lowest BCUT2D eigenvalue weighted by atomic mass is 9.70. The molecule has 210 valence electrons. The maximum atomic E-state index is 13.0. The summed E-state index contributed by atoms with van der Waals surface area (Å²) in [6.45, 7) is 8.82. The van der Waals surface area contributed by atoms with Crippen LogP contribution in [0.4, 0.5) is 26.3 Å². The zero-order chi connectivity index (χ0) is 28.8. The molecule has 2 aromatic carbocycles. The van der Waals surface area contributed by atoms with Crippen LogP contribution in [0.25, 0.3) is 0 Å². The van der Waals surface area contributed by atoms with Crippen molar-refractivity contribution in [3.8, 4) is 17.6 Å². The number of unbranched alkanes of at least 4 members (excludes halogenated alkanes) is 2. The van der Waals surface area contributed by atoms with Crippen molar-refractivity contribution >= 4 is 0 Å². The van der Waals surface area contributed by atoms with Gasteiger partial charge >= 0.3 is 18.0 Å². The van der Waals surface area contributed by atoms with Gasteiger partial charge in [-0.15, -0.1) is 0 Å². The Kier molecular flexibility index (Phi) is 10.3. The second-order valence-corrected chi connectivity index (χ2v) is 9.45. The van der Waals surface area contributed by atoms with Gasteiger partial charge in [0, 0.05) is 11.0 Å². The summed E-state index contributed by atoms with van der Waals surface area (Å²) < 4.78 is 83.9. The van der Waals surface area contributed by atoms with Crippen molar-refractivity contribution in [1.29, 1.82) is 0 Å². The first-order valence-electron chi connectivity index (χ1n) is 12.6. The molecule has 0 unspecified atom stereocenters. The fraction of sp³-hybridized carbons (Fsp3) is 0.517. The fourth-order valence-electron chi connectivity index (χ4n) is 4.51. The summed E-state index contributed by atoms with van der Waals surface area (Å²) in [5.74, 6) is 3.72. The molecule has 2 aromatic rings. The van der Waals surface area contributed by atoms with Crippen LogP contribution in [0, 0.1) is 25.7 Å². The van der Waals surface area contributed by atoms with Crippen molar-refractivity contribution in [3.63, 3.8) is 0 Å². The summed E-state index contributed by atoms with van der Waals surface area (Å²) in [6.07, 6.45) is -7.74. The third kappa shape index (κ3) is 6.65. The number of ether oxygens (including phenoxy) is 1. The van der Waals surface area contributed by atoms with Crippen molar-refractivity contribution in [2.75, 3.05) is 13.2 Å².